The second-order valence-corrected chi connectivity index (χ2v) is 2.24. The van der Waals surface area contributed by atoms with Crippen molar-refractivity contribution in [3.8, 4) is 0 Å². The molecular weight excluding hydrogens is 156 g/mol. The highest BCUT2D eigenvalue weighted by atomic mass is 16.5. The molecule has 0 aromatic heterocycles. The average molecular weight is 164 g/mol. The Labute approximate surface area is 70.0 Å². The summed E-state index contributed by atoms with van der Waals surface area (Å²) in [6.07, 6.45) is 7.25. The van der Waals surface area contributed by atoms with Crippen LogP contribution >= 0.6 is 0 Å². The van der Waals surface area contributed by atoms with Gasteiger partial charge < -0.3 is 4.74 Å². The van der Waals surface area contributed by atoms with Crippen LogP contribution in [0.25, 0.3) is 0 Å². The summed E-state index contributed by atoms with van der Waals surface area (Å²) in [7, 11) is 1.31. The third-order valence-corrected chi connectivity index (χ3v) is 1.37. The molecule has 0 heterocycles. The number of methoxy groups -OCH3 is 1. The van der Waals surface area contributed by atoms with E-state index in [4.69, 9.17) is 0 Å². The Morgan fingerprint density at radius 1 is 1.33 bits per heavy atom. The van der Waals surface area contributed by atoms with Crippen molar-refractivity contribution >= 4 is 11.8 Å². The molecule has 0 bridgehead atoms. The van der Waals surface area contributed by atoms with Gasteiger partial charge in [0.25, 0.3) is 0 Å². The molecule has 1 rings (SSSR count). The van der Waals surface area contributed by atoms with E-state index in [9.17, 15) is 9.59 Å². The van der Waals surface area contributed by atoms with E-state index in [1.807, 2.05) is 0 Å². The molecule has 3 heteroatoms. The zero-order chi connectivity index (χ0) is 8.97. The normalized spacial score (nSPS) is 14.8. The zero-order valence-corrected chi connectivity index (χ0v) is 6.61. The third-order valence-electron chi connectivity index (χ3n) is 1.37. The van der Waals surface area contributed by atoms with Crippen molar-refractivity contribution in [2.24, 2.45) is 0 Å². The minimum Gasteiger partial charge on any atom is -0.466 e. The van der Waals surface area contributed by atoms with Gasteiger partial charge in [-0.05, 0) is 17.7 Å². The fraction of sp³-hybridized carbons (Fsp3) is 0.111. The number of carbonyl (C=O) groups is 2. The Bertz CT molecular complexity index is 277. The number of hydrogen-bond donors (Lipinski definition) is 0. The first-order valence-corrected chi connectivity index (χ1v) is 3.42. The highest BCUT2D eigenvalue weighted by Gasteiger charge is 2.00. The van der Waals surface area contributed by atoms with Crippen molar-refractivity contribution in [3.63, 3.8) is 0 Å². The van der Waals surface area contributed by atoms with Crippen LogP contribution in [0.15, 0.2) is 36.0 Å². The first-order valence-electron chi connectivity index (χ1n) is 3.42. The van der Waals surface area contributed by atoms with E-state index in [-0.39, 0.29) is 5.78 Å². The van der Waals surface area contributed by atoms with E-state index >= 15 is 0 Å². The largest absolute Gasteiger partial charge is 0.466 e. The molecule has 0 unspecified atom stereocenters. The predicted octanol–water partition coefficient (Wildman–Crippen LogP) is 0.781. The lowest BCUT2D eigenvalue weighted by atomic mass is 10.1. The van der Waals surface area contributed by atoms with Crippen LogP contribution in [-0.2, 0) is 14.3 Å². The quantitative estimate of drug-likeness (QED) is 0.425. The average Bonchev–Trinajstić information content (AvgIpc) is 2.09. The van der Waals surface area contributed by atoms with E-state index in [1.165, 1.54) is 25.3 Å². The Morgan fingerprint density at radius 3 is 2.42 bits per heavy atom. The van der Waals surface area contributed by atoms with Crippen molar-refractivity contribution in [1.29, 1.82) is 0 Å². The molecule has 0 aromatic rings. The van der Waals surface area contributed by atoms with Gasteiger partial charge in [-0.15, -0.1) is 0 Å². The molecular formula is C9H8O3. The molecule has 0 radical (unpaired) electrons. The van der Waals surface area contributed by atoms with E-state index in [0.717, 1.165) is 0 Å². The molecule has 1 aliphatic rings. The highest BCUT2D eigenvalue weighted by molar-refractivity contribution is 6.02. The van der Waals surface area contributed by atoms with Crippen molar-refractivity contribution in [2.75, 3.05) is 7.11 Å². The maximum absolute atomic E-state index is 10.7. The lowest BCUT2D eigenvalue weighted by Crippen LogP contribution is -1.98. The summed E-state index contributed by atoms with van der Waals surface area (Å²) < 4.78 is 4.41. The second-order valence-electron chi connectivity index (χ2n) is 2.24. The third kappa shape index (κ3) is 2.20. The van der Waals surface area contributed by atoms with Gasteiger partial charge in [0.15, 0.2) is 5.78 Å². The van der Waals surface area contributed by atoms with Gasteiger partial charge in [0.1, 0.15) is 0 Å². The van der Waals surface area contributed by atoms with Crippen molar-refractivity contribution in [3.05, 3.63) is 36.0 Å². The number of ether oxygens (including phenoxy) is 1. The summed E-state index contributed by atoms with van der Waals surface area (Å²) in [5, 5.41) is 0. The van der Waals surface area contributed by atoms with E-state index in [1.54, 1.807) is 12.2 Å². The molecule has 0 saturated heterocycles. The molecule has 62 valence electrons. The molecule has 0 aromatic carbocycles. The number of allylic oxidation sites excluding steroid dienone is 5. The van der Waals surface area contributed by atoms with Gasteiger partial charge in [0, 0.05) is 6.08 Å². The smallest absolute Gasteiger partial charge is 0.331 e. The van der Waals surface area contributed by atoms with Crippen LogP contribution in [0.4, 0.5) is 0 Å². The van der Waals surface area contributed by atoms with Gasteiger partial charge in [0.05, 0.1) is 7.11 Å². The number of carbonyl (C=O) groups excluding carboxylic acids is 2. The van der Waals surface area contributed by atoms with Gasteiger partial charge in [0.2, 0.25) is 0 Å². The molecule has 3 nitrogen and oxygen atoms in total. The van der Waals surface area contributed by atoms with Gasteiger partial charge in [-0.25, -0.2) is 4.79 Å². The maximum Gasteiger partial charge on any atom is 0.331 e. The van der Waals surface area contributed by atoms with E-state index < -0.39 is 5.97 Å². The van der Waals surface area contributed by atoms with Crippen molar-refractivity contribution in [2.45, 2.75) is 0 Å². The lowest BCUT2D eigenvalue weighted by Gasteiger charge is -1.97. The Morgan fingerprint density at radius 2 is 1.92 bits per heavy atom. The fourth-order valence-corrected chi connectivity index (χ4v) is 0.759. The Kier molecular flexibility index (Phi) is 2.58. The van der Waals surface area contributed by atoms with Crippen LogP contribution in [0.3, 0.4) is 0 Å². The zero-order valence-electron chi connectivity index (χ0n) is 6.61. The highest BCUT2D eigenvalue weighted by Crippen LogP contribution is 2.05. The summed E-state index contributed by atoms with van der Waals surface area (Å²) in [5.41, 5.74) is 0.668. The lowest BCUT2D eigenvalue weighted by molar-refractivity contribution is -0.134. The molecule has 0 spiro atoms. The number of rotatable bonds is 1. The number of esters is 1. The monoisotopic (exact) mass is 164 g/mol. The SMILES string of the molecule is COC(=O)C=C1C=CC(=O)C=C1. The summed E-state index contributed by atoms with van der Waals surface area (Å²) in [6.45, 7) is 0. The molecule has 0 fully saturated rings. The van der Waals surface area contributed by atoms with Crippen LogP contribution in [0.5, 0.6) is 0 Å². The summed E-state index contributed by atoms with van der Waals surface area (Å²) >= 11 is 0. The summed E-state index contributed by atoms with van der Waals surface area (Å²) in [6, 6.07) is 0. The molecule has 12 heavy (non-hydrogen) atoms. The summed E-state index contributed by atoms with van der Waals surface area (Å²) in [5.74, 6) is -0.495. The Hall–Kier alpha value is -1.64. The van der Waals surface area contributed by atoms with Crippen LogP contribution in [-0.4, -0.2) is 18.9 Å². The molecule has 0 atom stereocenters. The van der Waals surface area contributed by atoms with Gasteiger partial charge in [-0.2, -0.15) is 0 Å². The molecule has 0 amide bonds. The summed E-state index contributed by atoms with van der Waals surface area (Å²) in [4.78, 5) is 21.4. The minimum atomic E-state index is -0.423. The van der Waals surface area contributed by atoms with Crippen LogP contribution in [0.2, 0.25) is 0 Å². The minimum absolute atomic E-state index is 0.0722. The predicted molar refractivity (Wildman–Crippen MR) is 43.4 cm³/mol. The van der Waals surface area contributed by atoms with Crippen LogP contribution < -0.4 is 0 Å². The van der Waals surface area contributed by atoms with E-state index in [2.05, 4.69) is 4.74 Å². The van der Waals surface area contributed by atoms with Crippen LogP contribution in [0, 0.1) is 0 Å². The first-order chi connectivity index (χ1) is 5.72. The van der Waals surface area contributed by atoms with Crippen molar-refractivity contribution < 1.29 is 14.3 Å². The molecule has 0 aliphatic heterocycles. The van der Waals surface area contributed by atoms with Gasteiger partial charge >= 0.3 is 5.97 Å². The maximum atomic E-state index is 10.7. The topological polar surface area (TPSA) is 43.4 Å². The van der Waals surface area contributed by atoms with E-state index in [0.29, 0.717) is 5.57 Å². The van der Waals surface area contributed by atoms with Gasteiger partial charge in [-0.3, -0.25) is 4.79 Å². The standard InChI is InChI=1S/C9H8O3/c1-12-9(11)6-7-2-4-8(10)5-3-7/h2-6H,1H3. The number of ketones is 1. The van der Waals surface area contributed by atoms with Crippen molar-refractivity contribution in [1.82, 2.24) is 0 Å². The Balaban J connectivity index is 2.73. The molecule has 0 N–H and O–H groups in total. The molecule has 1 aliphatic carbocycles. The van der Waals surface area contributed by atoms with Gasteiger partial charge in [-0.1, -0.05) is 12.2 Å². The first kappa shape index (κ1) is 8.46. The number of hydrogen-bond acceptors (Lipinski definition) is 3. The van der Waals surface area contributed by atoms with Crippen LogP contribution in [0.1, 0.15) is 0 Å². The fourth-order valence-electron chi connectivity index (χ4n) is 0.759. The molecule has 0 saturated carbocycles. The second kappa shape index (κ2) is 3.67.